The number of nitriles is 1. The molecule has 0 aliphatic carbocycles. The molecule has 0 atom stereocenters. The normalized spacial score (nSPS) is 10.2. The van der Waals surface area contributed by atoms with Crippen molar-refractivity contribution in [2.75, 3.05) is 5.32 Å². The number of hydrogen-bond acceptors (Lipinski definition) is 5. The fraction of sp³-hybridized carbons (Fsp3) is 0.0556. The fourth-order valence-corrected chi connectivity index (χ4v) is 2.16. The maximum Gasteiger partial charge on any atom is 0.294 e. The number of pyridine rings is 1. The molecular weight excluding hydrogens is 340 g/mol. The maximum absolute atomic E-state index is 13.2. The average molecular weight is 351 g/mol. The Bertz CT molecular complexity index is 982. The molecule has 0 aliphatic rings. The lowest BCUT2D eigenvalue weighted by atomic mass is 10.1. The Labute approximate surface area is 147 Å². The van der Waals surface area contributed by atoms with Crippen molar-refractivity contribution in [1.82, 2.24) is 15.0 Å². The summed E-state index contributed by atoms with van der Waals surface area (Å²) in [5.74, 6) is -2.15. The lowest BCUT2D eigenvalue weighted by molar-refractivity contribution is 0.101. The van der Waals surface area contributed by atoms with Gasteiger partial charge in [-0.25, -0.2) is 23.7 Å². The largest absolute Gasteiger partial charge is 0.304 e. The summed E-state index contributed by atoms with van der Waals surface area (Å²) in [6.07, 6.45) is 4.40. The molecule has 26 heavy (non-hydrogen) atoms. The van der Waals surface area contributed by atoms with Crippen molar-refractivity contribution >= 4 is 11.7 Å². The molecule has 0 aliphatic heterocycles. The Balaban J connectivity index is 1.66. The minimum atomic E-state index is -0.901. The van der Waals surface area contributed by atoms with Crippen LogP contribution in [-0.4, -0.2) is 20.9 Å². The topological polar surface area (TPSA) is 91.6 Å². The molecule has 1 aromatic carbocycles. The van der Waals surface area contributed by atoms with Crippen LogP contribution in [-0.2, 0) is 6.42 Å². The molecule has 0 radical (unpaired) electrons. The standard InChI is InChI=1S/C18H11F2N5O/c19-14-3-1-11(6-15(14)20)5-12-2-4-16(22-8-12)25-18(26)17-23-9-13(7-21)10-24-17/h1-4,6,8-10H,5H2,(H,22,25,26). The lowest BCUT2D eigenvalue weighted by Gasteiger charge is -2.06. The van der Waals surface area contributed by atoms with Crippen LogP contribution in [0, 0.1) is 23.0 Å². The summed E-state index contributed by atoms with van der Waals surface area (Å²) in [5.41, 5.74) is 1.62. The van der Waals surface area contributed by atoms with Gasteiger partial charge in [-0.15, -0.1) is 0 Å². The quantitative estimate of drug-likeness (QED) is 0.780. The van der Waals surface area contributed by atoms with E-state index in [0.717, 1.165) is 17.7 Å². The molecule has 8 heteroatoms. The number of carbonyl (C=O) groups excluding carboxylic acids is 1. The van der Waals surface area contributed by atoms with Crippen molar-refractivity contribution in [2.45, 2.75) is 6.42 Å². The van der Waals surface area contributed by atoms with Crippen molar-refractivity contribution in [1.29, 1.82) is 5.26 Å². The van der Waals surface area contributed by atoms with E-state index in [9.17, 15) is 13.6 Å². The van der Waals surface area contributed by atoms with Gasteiger partial charge in [0.05, 0.1) is 5.56 Å². The van der Waals surface area contributed by atoms with Crippen LogP contribution in [0.15, 0.2) is 48.9 Å². The number of rotatable bonds is 4. The van der Waals surface area contributed by atoms with E-state index < -0.39 is 17.5 Å². The van der Waals surface area contributed by atoms with E-state index in [1.165, 1.54) is 24.7 Å². The fourth-order valence-electron chi connectivity index (χ4n) is 2.16. The number of hydrogen-bond donors (Lipinski definition) is 1. The minimum Gasteiger partial charge on any atom is -0.304 e. The van der Waals surface area contributed by atoms with Gasteiger partial charge in [0.25, 0.3) is 5.91 Å². The second-order valence-corrected chi connectivity index (χ2v) is 5.34. The van der Waals surface area contributed by atoms with E-state index in [2.05, 4.69) is 20.3 Å². The number of nitrogens with zero attached hydrogens (tertiary/aromatic N) is 4. The number of benzene rings is 1. The van der Waals surface area contributed by atoms with Gasteiger partial charge in [0.15, 0.2) is 11.6 Å². The van der Waals surface area contributed by atoms with Gasteiger partial charge in [-0.3, -0.25) is 4.79 Å². The number of nitrogens with one attached hydrogen (secondary N) is 1. The summed E-state index contributed by atoms with van der Waals surface area (Å²) < 4.78 is 26.2. The van der Waals surface area contributed by atoms with E-state index in [4.69, 9.17) is 5.26 Å². The molecule has 0 unspecified atom stereocenters. The van der Waals surface area contributed by atoms with E-state index in [-0.39, 0.29) is 17.2 Å². The highest BCUT2D eigenvalue weighted by Gasteiger charge is 2.10. The third-order valence-electron chi connectivity index (χ3n) is 3.44. The first-order valence-corrected chi connectivity index (χ1v) is 7.47. The Kier molecular flexibility index (Phi) is 4.90. The maximum atomic E-state index is 13.2. The van der Waals surface area contributed by atoms with Gasteiger partial charge in [0, 0.05) is 18.6 Å². The zero-order valence-corrected chi connectivity index (χ0v) is 13.3. The van der Waals surface area contributed by atoms with Crippen LogP contribution in [0.1, 0.15) is 27.3 Å². The summed E-state index contributed by atoms with van der Waals surface area (Å²) >= 11 is 0. The Morgan fingerprint density at radius 1 is 1.00 bits per heavy atom. The monoisotopic (exact) mass is 351 g/mol. The number of halogens is 2. The van der Waals surface area contributed by atoms with Crippen LogP contribution < -0.4 is 5.32 Å². The van der Waals surface area contributed by atoms with Crippen LogP contribution in [0.4, 0.5) is 14.6 Å². The van der Waals surface area contributed by atoms with E-state index >= 15 is 0 Å². The van der Waals surface area contributed by atoms with Crippen LogP contribution in [0.25, 0.3) is 0 Å². The van der Waals surface area contributed by atoms with Gasteiger partial charge in [-0.1, -0.05) is 12.1 Å². The average Bonchev–Trinajstić information content (AvgIpc) is 2.66. The molecule has 2 aromatic heterocycles. The summed E-state index contributed by atoms with van der Waals surface area (Å²) in [5, 5.41) is 11.2. The lowest BCUT2D eigenvalue weighted by Crippen LogP contribution is -2.16. The Hall–Kier alpha value is -3.73. The van der Waals surface area contributed by atoms with Crippen LogP contribution in [0.5, 0.6) is 0 Å². The smallest absolute Gasteiger partial charge is 0.294 e. The highest BCUT2D eigenvalue weighted by molar-refractivity contribution is 6.00. The molecule has 2 heterocycles. The molecule has 1 amide bonds. The predicted molar refractivity (Wildman–Crippen MR) is 88.1 cm³/mol. The highest BCUT2D eigenvalue weighted by Crippen LogP contribution is 2.14. The Morgan fingerprint density at radius 2 is 1.73 bits per heavy atom. The molecule has 0 spiro atoms. The summed E-state index contributed by atoms with van der Waals surface area (Å²) in [4.78, 5) is 23.7. The predicted octanol–water partition coefficient (Wildman–Crippen LogP) is 2.86. The van der Waals surface area contributed by atoms with Crippen molar-refractivity contribution < 1.29 is 13.6 Å². The van der Waals surface area contributed by atoms with Crippen molar-refractivity contribution in [3.8, 4) is 6.07 Å². The second kappa shape index (κ2) is 7.44. The molecule has 1 N–H and O–H groups in total. The molecule has 128 valence electrons. The van der Waals surface area contributed by atoms with Gasteiger partial charge in [0.2, 0.25) is 5.82 Å². The highest BCUT2D eigenvalue weighted by atomic mass is 19.2. The molecule has 6 nitrogen and oxygen atoms in total. The number of aromatic nitrogens is 3. The third-order valence-corrected chi connectivity index (χ3v) is 3.44. The molecule has 0 bridgehead atoms. The van der Waals surface area contributed by atoms with E-state index in [1.54, 1.807) is 12.1 Å². The zero-order chi connectivity index (χ0) is 18.5. The Morgan fingerprint density at radius 3 is 2.35 bits per heavy atom. The first-order valence-electron chi connectivity index (χ1n) is 7.47. The number of amides is 1. The van der Waals surface area contributed by atoms with Crippen molar-refractivity contribution in [3.63, 3.8) is 0 Å². The molecule has 0 saturated heterocycles. The minimum absolute atomic E-state index is 0.0864. The summed E-state index contributed by atoms with van der Waals surface area (Å²) in [6, 6.07) is 8.86. The number of carbonyl (C=O) groups is 1. The second-order valence-electron chi connectivity index (χ2n) is 5.34. The van der Waals surface area contributed by atoms with Crippen molar-refractivity contribution in [3.05, 3.63) is 83.1 Å². The molecule has 0 fully saturated rings. The van der Waals surface area contributed by atoms with E-state index in [1.807, 2.05) is 6.07 Å². The van der Waals surface area contributed by atoms with Crippen LogP contribution in [0.2, 0.25) is 0 Å². The summed E-state index contributed by atoms with van der Waals surface area (Å²) in [7, 11) is 0. The van der Waals surface area contributed by atoms with Crippen LogP contribution in [0.3, 0.4) is 0 Å². The first kappa shape index (κ1) is 17.1. The van der Waals surface area contributed by atoms with E-state index in [0.29, 0.717) is 12.0 Å². The molecule has 3 aromatic rings. The van der Waals surface area contributed by atoms with Gasteiger partial charge < -0.3 is 5.32 Å². The molecule has 0 saturated carbocycles. The zero-order valence-electron chi connectivity index (χ0n) is 13.3. The van der Waals surface area contributed by atoms with Crippen LogP contribution >= 0.6 is 0 Å². The molecule has 3 rings (SSSR count). The third kappa shape index (κ3) is 4.02. The van der Waals surface area contributed by atoms with Crippen molar-refractivity contribution in [2.24, 2.45) is 0 Å². The van der Waals surface area contributed by atoms with Gasteiger partial charge in [-0.2, -0.15) is 5.26 Å². The molecular formula is C18H11F2N5O. The van der Waals surface area contributed by atoms with Gasteiger partial charge >= 0.3 is 0 Å². The first-order chi connectivity index (χ1) is 12.5. The van der Waals surface area contributed by atoms with Gasteiger partial charge in [-0.05, 0) is 35.7 Å². The summed E-state index contributed by atoms with van der Waals surface area (Å²) in [6.45, 7) is 0. The van der Waals surface area contributed by atoms with Gasteiger partial charge in [0.1, 0.15) is 11.9 Å². The number of anilines is 1. The SMILES string of the molecule is N#Cc1cnc(C(=O)Nc2ccc(Cc3ccc(F)c(F)c3)cn2)nc1.